The molecule has 0 amide bonds. The summed E-state index contributed by atoms with van der Waals surface area (Å²) in [6, 6.07) is 7.98. The van der Waals surface area contributed by atoms with Crippen LogP contribution in [0.4, 0.5) is 5.69 Å². The molecular weight excluding hydrogens is 214 g/mol. The Labute approximate surface area is 102 Å². The molecule has 1 aromatic rings. The van der Waals surface area contributed by atoms with Crippen LogP contribution < -0.4 is 4.90 Å². The Morgan fingerprint density at radius 2 is 1.76 bits per heavy atom. The number of rotatable bonds is 5. The monoisotopic (exact) mass is 233 g/mol. The highest BCUT2D eigenvalue weighted by molar-refractivity contribution is 5.89. The molecule has 0 heterocycles. The van der Waals surface area contributed by atoms with Crippen molar-refractivity contribution in [3.8, 4) is 0 Å². The van der Waals surface area contributed by atoms with Crippen molar-refractivity contribution in [2.45, 2.75) is 20.8 Å². The van der Waals surface area contributed by atoms with Crippen molar-refractivity contribution in [3.63, 3.8) is 0 Å². The fraction of sp³-hybridized carbons (Fsp3) is 0.357. The number of carboxylic acid groups (broad SMARTS) is 1. The standard InChI is InChI=1S/C14H19NO2/c1-4-15(5-2)13-8-6-12(7-9-13)11(3)10-14(16)17/h6-10H,4-5H2,1-3H3,(H,16,17)/b11-10+. The zero-order chi connectivity index (χ0) is 12.8. The van der Waals surface area contributed by atoms with Crippen molar-refractivity contribution in [1.82, 2.24) is 0 Å². The fourth-order valence-corrected chi connectivity index (χ4v) is 1.79. The molecule has 0 fully saturated rings. The molecule has 3 nitrogen and oxygen atoms in total. The van der Waals surface area contributed by atoms with Crippen LogP contribution in [-0.4, -0.2) is 24.2 Å². The fourth-order valence-electron chi connectivity index (χ4n) is 1.79. The van der Waals surface area contributed by atoms with Crippen LogP contribution in [-0.2, 0) is 4.79 Å². The van der Waals surface area contributed by atoms with Gasteiger partial charge in [-0.15, -0.1) is 0 Å². The highest BCUT2D eigenvalue weighted by Crippen LogP contribution is 2.19. The van der Waals surface area contributed by atoms with E-state index in [0.29, 0.717) is 0 Å². The zero-order valence-corrected chi connectivity index (χ0v) is 10.6. The summed E-state index contributed by atoms with van der Waals surface area (Å²) in [5.41, 5.74) is 2.88. The minimum atomic E-state index is -0.907. The van der Waals surface area contributed by atoms with Gasteiger partial charge in [-0.1, -0.05) is 12.1 Å². The number of aliphatic carboxylic acids is 1. The molecule has 0 spiro atoms. The van der Waals surface area contributed by atoms with Gasteiger partial charge in [0, 0.05) is 24.9 Å². The van der Waals surface area contributed by atoms with Gasteiger partial charge in [0.2, 0.25) is 0 Å². The molecule has 0 atom stereocenters. The van der Waals surface area contributed by atoms with E-state index in [2.05, 4.69) is 18.7 Å². The normalized spacial score (nSPS) is 11.4. The molecule has 0 unspecified atom stereocenters. The summed E-state index contributed by atoms with van der Waals surface area (Å²) >= 11 is 0. The Morgan fingerprint density at radius 1 is 1.24 bits per heavy atom. The van der Waals surface area contributed by atoms with E-state index in [9.17, 15) is 4.79 Å². The van der Waals surface area contributed by atoms with E-state index in [-0.39, 0.29) is 0 Å². The van der Waals surface area contributed by atoms with Gasteiger partial charge in [0.05, 0.1) is 0 Å². The van der Waals surface area contributed by atoms with Crippen LogP contribution in [0.5, 0.6) is 0 Å². The van der Waals surface area contributed by atoms with E-state index in [1.165, 1.54) is 11.8 Å². The molecule has 0 aliphatic carbocycles. The molecule has 0 saturated heterocycles. The number of benzene rings is 1. The Morgan fingerprint density at radius 3 is 2.18 bits per heavy atom. The van der Waals surface area contributed by atoms with Gasteiger partial charge in [-0.05, 0) is 44.0 Å². The summed E-state index contributed by atoms with van der Waals surface area (Å²) in [6.45, 7) is 7.99. The van der Waals surface area contributed by atoms with Gasteiger partial charge in [0.25, 0.3) is 0 Å². The Hall–Kier alpha value is -1.77. The molecule has 3 heteroatoms. The van der Waals surface area contributed by atoms with Gasteiger partial charge < -0.3 is 10.0 Å². The molecule has 0 radical (unpaired) electrons. The van der Waals surface area contributed by atoms with Gasteiger partial charge in [-0.3, -0.25) is 0 Å². The Bertz CT molecular complexity index is 403. The molecule has 0 aliphatic heterocycles. The minimum Gasteiger partial charge on any atom is -0.478 e. The molecule has 0 aliphatic rings. The summed E-state index contributed by atoms with van der Waals surface area (Å²) in [5.74, 6) is -0.907. The number of carboxylic acids is 1. The van der Waals surface area contributed by atoms with Crippen LogP contribution >= 0.6 is 0 Å². The van der Waals surface area contributed by atoms with Crippen molar-refractivity contribution >= 4 is 17.2 Å². The average molecular weight is 233 g/mol. The van der Waals surface area contributed by atoms with Crippen LogP contribution in [0.3, 0.4) is 0 Å². The second-order valence-corrected chi connectivity index (χ2v) is 3.88. The maximum absolute atomic E-state index is 10.6. The highest BCUT2D eigenvalue weighted by atomic mass is 16.4. The van der Waals surface area contributed by atoms with Gasteiger partial charge in [0.1, 0.15) is 0 Å². The first kappa shape index (κ1) is 13.3. The smallest absolute Gasteiger partial charge is 0.328 e. The lowest BCUT2D eigenvalue weighted by Gasteiger charge is -2.21. The molecule has 1 aromatic carbocycles. The van der Waals surface area contributed by atoms with Gasteiger partial charge in [-0.2, -0.15) is 0 Å². The zero-order valence-electron chi connectivity index (χ0n) is 10.6. The number of nitrogens with zero attached hydrogens (tertiary/aromatic N) is 1. The summed E-state index contributed by atoms with van der Waals surface area (Å²) < 4.78 is 0. The predicted molar refractivity (Wildman–Crippen MR) is 71.3 cm³/mol. The summed E-state index contributed by atoms with van der Waals surface area (Å²) in [6.07, 6.45) is 1.23. The van der Waals surface area contributed by atoms with Crippen molar-refractivity contribution in [2.24, 2.45) is 0 Å². The topological polar surface area (TPSA) is 40.5 Å². The molecule has 0 bridgehead atoms. The highest BCUT2D eigenvalue weighted by Gasteiger charge is 2.02. The quantitative estimate of drug-likeness (QED) is 0.795. The lowest BCUT2D eigenvalue weighted by molar-refractivity contribution is -0.131. The molecule has 1 rings (SSSR count). The molecule has 17 heavy (non-hydrogen) atoms. The minimum absolute atomic E-state index is 0.767. The summed E-state index contributed by atoms with van der Waals surface area (Å²) in [5, 5.41) is 8.68. The third kappa shape index (κ3) is 3.63. The van der Waals surface area contributed by atoms with Gasteiger partial charge in [0.15, 0.2) is 0 Å². The number of hydrogen-bond acceptors (Lipinski definition) is 2. The van der Waals surface area contributed by atoms with Crippen LogP contribution in [0, 0.1) is 0 Å². The number of allylic oxidation sites excluding steroid dienone is 1. The first-order valence-corrected chi connectivity index (χ1v) is 5.85. The lowest BCUT2D eigenvalue weighted by atomic mass is 10.1. The lowest BCUT2D eigenvalue weighted by Crippen LogP contribution is -2.21. The van der Waals surface area contributed by atoms with E-state index in [0.717, 1.165) is 24.2 Å². The Kier molecular flexibility index (Phi) is 4.76. The first-order chi connectivity index (χ1) is 8.08. The van der Waals surface area contributed by atoms with E-state index in [1.807, 2.05) is 24.3 Å². The van der Waals surface area contributed by atoms with E-state index in [1.54, 1.807) is 6.92 Å². The van der Waals surface area contributed by atoms with Crippen LogP contribution in [0.2, 0.25) is 0 Å². The third-order valence-electron chi connectivity index (χ3n) is 2.79. The summed E-state index contributed by atoms with van der Waals surface area (Å²) in [4.78, 5) is 12.8. The van der Waals surface area contributed by atoms with Crippen molar-refractivity contribution in [3.05, 3.63) is 35.9 Å². The second kappa shape index (κ2) is 6.09. The van der Waals surface area contributed by atoms with Crippen LogP contribution in [0.15, 0.2) is 30.3 Å². The van der Waals surface area contributed by atoms with Crippen molar-refractivity contribution < 1.29 is 9.90 Å². The van der Waals surface area contributed by atoms with E-state index < -0.39 is 5.97 Å². The number of carbonyl (C=O) groups is 1. The molecular formula is C14H19NO2. The SMILES string of the molecule is CCN(CC)c1ccc(/C(C)=C/C(=O)O)cc1. The van der Waals surface area contributed by atoms with E-state index >= 15 is 0 Å². The average Bonchev–Trinajstić information content (AvgIpc) is 2.30. The maximum atomic E-state index is 10.6. The van der Waals surface area contributed by atoms with Crippen LogP contribution in [0.1, 0.15) is 26.3 Å². The Balaban J connectivity index is 2.91. The van der Waals surface area contributed by atoms with E-state index in [4.69, 9.17) is 5.11 Å². The molecule has 1 N–H and O–H groups in total. The molecule has 92 valence electrons. The maximum Gasteiger partial charge on any atom is 0.328 e. The second-order valence-electron chi connectivity index (χ2n) is 3.88. The van der Waals surface area contributed by atoms with Gasteiger partial charge >= 0.3 is 5.97 Å². The largest absolute Gasteiger partial charge is 0.478 e. The first-order valence-electron chi connectivity index (χ1n) is 5.85. The van der Waals surface area contributed by atoms with Gasteiger partial charge in [-0.25, -0.2) is 4.79 Å². The number of hydrogen-bond donors (Lipinski definition) is 1. The molecule has 0 saturated carbocycles. The molecule has 0 aromatic heterocycles. The number of anilines is 1. The van der Waals surface area contributed by atoms with Crippen molar-refractivity contribution in [2.75, 3.05) is 18.0 Å². The predicted octanol–water partition coefficient (Wildman–Crippen LogP) is 3.02. The summed E-state index contributed by atoms with van der Waals surface area (Å²) in [7, 11) is 0. The third-order valence-corrected chi connectivity index (χ3v) is 2.79. The van der Waals surface area contributed by atoms with Crippen LogP contribution in [0.25, 0.3) is 5.57 Å². The van der Waals surface area contributed by atoms with Crippen molar-refractivity contribution in [1.29, 1.82) is 0 Å².